The average Bonchev–Trinajstić information content (AvgIpc) is 2.78. The number of fused-ring (bicyclic) bond motifs is 2. The van der Waals surface area contributed by atoms with Gasteiger partial charge in [0.1, 0.15) is 5.82 Å². The summed E-state index contributed by atoms with van der Waals surface area (Å²) >= 11 is 0. The van der Waals surface area contributed by atoms with Crippen LogP contribution in [0.1, 0.15) is 24.1 Å². The van der Waals surface area contributed by atoms with Gasteiger partial charge in [-0.05, 0) is 73.5 Å². The predicted molar refractivity (Wildman–Crippen MR) is 128 cm³/mol. The second kappa shape index (κ2) is 8.00. The highest BCUT2D eigenvalue weighted by atomic mass is 32.2. The molecule has 2 aromatic heterocycles. The molecular formula is C25H24N4O2S. The molecule has 0 amide bonds. The quantitative estimate of drug-likeness (QED) is 0.477. The summed E-state index contributed by atoms with van der Waals surface area (Å²) in [6.45, 7) is 3.18. The molecule has 4 aromatic rings. The average molecular weight is 445 g/mol. The van der Waals surface area contributed by atoms with Crippen LogP contribution in [-0.2, 0) is 16.3 Å². The number of pyridine rings is 2. The van der Waals surface area contributed by atoms with Crippen molar-refractivity contribution >= 4 is 32.1 Å². The fraction of sp³-hybridized carbons (Fsp3) is 0.200. The smallest absolute Gasteiger partial charge is 0.175 e. The van der Waals surface area contributed by atoms with Gasteiger partial charge in [-0.25, -0.2) is 13.4 Å². The van der Waals surface area contributed by atoms with Crippen molar-refractivity contribution in [3.05, 3.63) is 78.1 Å². The van der Waals surface area contributed by atoms with Crippen LogP contribution in [0.4, 0.5) is 11.5 Å². The van der Waals surface area contributed by atoms with Crippen LogP contribution < -0.4 is 10.6 Å². The summed E-state index contributed by atoms with van der Waals surface area (Å²) in [6.07, 6.45) is 5.86. The molecule has 6 nitrogen and oxygen atoms in total. The Morgan fingerprint density at radius 2 is 1.84 bits per heavy atom. The molecule has 0 radical (unpaired) electrons. The number of anilines is 2. The van der Waals surface area contributed by atoms with E-state index >= 15 is 0 Å². The minimum atomic E-state index is -3.22. The highest BCUT2D eigenvalue weighted by Gasteiger charge is 2.17. The minimum Gasteiger partial charge on any atom is -0.340 e. The molecule has 1 aliphatic rings. The third-order valence-corrected chi connectivity index (χ3v) is 7.06. The second-order valence-corrected chi connectivity index (χ2v) is 10.2. The van der Waals surface area contributed by atoms with Crippen LogP contribution in [0.15, 0.2) is 71.9 Å². The molecule has 0 bridgehead atoms. The van der Waals surface area contributed by atoms with Gasteiger partial charge in [-0.15, -0.1) is 0 Å². The molecule has 0 saturated carbocycles. The Balaban J connectivity index is 1.51. The zero-order chi connectivity index (χ0) is 22.3. The van der Waals surface area contributed by atoms with Crippen molar-refractivity contribution in [3.63, 3.8) is 0 Å². The van der Waals surface area contributed by atoms with Gasteiger partial charge >= 0.3 is 0 Å². The van der Waals surface area contributed by atoms with Crippen molar-refractivity contribution in [2.24, 2.45) is 0 Å². The van der Waals surface area contributed by atoms with Gasteiger partial charge in [-0.2, -0.15) is 0 Å². The lowest BCUT2D eigenvalue weighted by Crippen LogP contribution is -2.27. The van der Waals surface area contributed by atoms with Crippen LogP contribution >= 0.6 is 0 Å². The van der Waals surface area contributed by atoms with E-state index in [-0.39, 0.29) is 4.90 Å². The lowest BCUT2D eigenvalue weighted by Gasteiger charge is -2.24. The Morgan fingerprint density at radius 1 is 1.03 bits per heavy atom. The normalized spacial score (nSPS) is 16.0. The van der Waals surface area contributed by atoms with Gasteiger partial charge in [-0.1, -0.05) is 12.1 Å². The summed E-state index contributed by atoms with van der Waals surface area (Å²) in [5.41, 5.74) is 5.50. The lowest BCUT2D eigenvalue weighted by molar-refractivity contribution is 0.541. The zero-order valence-electron chi connectivity index (χ0n) is 18.0. The van der Waals surface area contributed by atoms with Gasteiger partial charge in [0.15, 0.2) is 9.84 Å². The molecule has 2 aromatic carbocycles. The Kier molecular flexibility index (Phi) is 5.15. The molecular weight excluding hydrogens is 420 g/mol. The molecule has 1 atom stereocenters. The van der Waals surface area contributed by atoms with Crippen molar-refractivity contribution in [2.45, 2.75) is 24.3 Å². The number of hydrogen-bond donors (Lipinski definition) is 2. The van der Waals surface area contributed by atoms with E-state index in [4.69, 9.17) is 4.98 Å². The van der Waals surface area contributed by atoms with Crippen molar-refractivity contribution in [2.75, 3.05) is 18.1 Å². The van der Waals surface area contributed by atoms with Crippen molar-refractivity contribution < 1.29 is 8.42 Å². The van der Waals surface area contributed by atoms with Gasteiger partial charge in [0, 0.05) is 46.7 Å². The SMILES string of the molecule is C[C@H]1NCCc2cc(-c3nccc4cnc(Nc5ccc(S(C)(=O)=O)cc5)cc34)ccc21. The maximum absolute atomic E-state index is 11.7. The third kappa shape index (κ3) is 3.97. The first kappa shape index (κ1) is 20.6. The van der Waals surface area contributed by atoms with Gasteiger partial charge in [0.25, 0.3) is 0 Å². The first-order valence-corrected chi connectivity index (χ1v) is 12.5. The van der Waals surface area contributed by atoms with E-state index in [1.54, 1.807) is 24.3 Å². The van der Waals surface area contributed by atoms with Crippen LogP contribution in [0, 0.1) is 0 Å². The van der Waals surface area contributed by atoms with Gasteiger partial charge in [-0.3, -0.25) is 4.98 Å². The Labute approximate surface area is 187 Å². The number of nitrogens with zero attached hydrogens (tertiary/aromatic N) is 2. The summed E-state index contributed by atoms with van der Waals surface area (Å²) in [5, 5.41) is 8.80. The van der Waals surface area contributed by atoms with E-state index in [9.17, 15) is 8.42 Å². The monoisotopic (exact) mass is 444 g/mol. The van der Waals surface area contributed by atoms with Crippen molar-refractivity contribution in [3.8, 4) is 11.3 Å². The molecule has 0 fully saturated rings. The maximum Gasteiger partial charge on any atom is 0.175 e. The number of sulfone groups is 1. The van der Waals surface area contributed by atoms with Crippen LogP contribution in [0.5, 0.6) is 0 Å². The van der Waals surface area contributed by atoms with E-state index in [1.807, 2.05) is 24.5 Å². The molecule has 7 heteroatoms. The first-order valence-electron chi connectivity index (χ1n) is 10.6. The Hall–Kier alpha value is -3.29. The largest absolute Gasteiger partial charge is 0.340 e. The molecule has 0 aliphatic carbocycles. The van der Waals surface area contributed by atoms with Gasteiger partial charge < -0.3 is 10.6 Å². The predicted octanol–water partition coefficient (Wildman–Crippen LogP) is 4.65. The summed E-state index contributed by atoms with van der Waals surface area (Å²) in [7, 11) is -3.22. The van der Waals surface area contributed by atoms with E-state index in [1.165, 1.54) is 17.4 Å². The fourth-order valence-electron chi connectivity index (χ4n) is 4.22. The van der Waals surface area contributed by atoms with E-state index in [0.29, 0.717) is 11.9 Å². The van der Waals surface area contributed by atoms with Crippen molar-refractivity contribution in [1.29, 1.82) is 0 Å². The molecule has 2 N–H and O–H groups in total. The molecule has 32 heavy (non-hydrogen) atoms. The Morgan fingerprint density at radius 3 is 2.62 bits per heavy atom. The van der Waals surface area contributed by atoms with Crippen LogP contribution in [-0.4, -0.2) is 31.2 Å². The molecule has 5 rings (SSSR count). The summed E-state index contributed by atoms with van der Waals surface area (Å²) in [5.74, 6) is 0.676. The van der Waals surface area contributed by atoms with Crippen LogP contribution in [0.2, 0.25) is 0 Å². The van der Waals surface area contributed by atoms with Crippen LogP contribution in [0.3, 0.4) is 0 Å². The molecule has 0 spiro atoms. The van der Waals surface area contributed by atoms with Gasteiger partial charge in [0.2, 0.25) is 0 Å². The van der Waals surface area contributed by atoms with Crippen LogP contribution in [0.25, 0.3) is 22.0 Å². The third-order valence-electron chi connectivity index (χ3n) is 5.93. The summed E-state index contributed by atoms with van der Waals surface area (Å²) in [4.78, 5) is 9.51. The highest BCUT2D eigenvalue weighted by Crippen LogP contribution is 2.32. The molecule has 3 heterocycles. The molecule has 1 aliphatic heterocycles. The number of nitrogens with one attached hydrogen (secondary N) is 2. The number of hydrogen-bond acceptors (Lipinski definition) is 6. The number of aromatic nitrogens is 2. The standard InChI is InChI=1S/C25H24N4O2S/c1-16-22-8-3-18(13-17(22)9-11-26-16)25-23-14-24(28-15-19(23)10-12-27-25)29-20-4-6-21(7-5-20)32(2,30)31/h3-8,10,12-16,26H,9,11H2,1-2H3,(H,28,29)/t16-/m1/s1. The summed E-state index contributed by atoms with van der Waals surface area (Å²) in [6, 6.07) is 17.6. The highest BCUT2D eigenvalue weighted by molar-refractivity contribution is 7.90. The maximum atomic E-state index is 11.7. The zero-order valence-corrected chi connectivity index (χ0v) is 18.8. The first-order chi connectivity index (χ1) is 15.4. The Bertz CT molecular complexity index is 1420. The van der Waals surface area contributed by atoms with E-state index in [2.05, 4.69) is 40.7 Å². The fourth-order valence-corrected chi connectivity index (χ4v) is 4.85. The summed E-state index contributed by atoms with van der Waals surface area (Å²) < 4.78 is 23.4. The molecule has 0 unspecified atom stereocenters. The molecule has 0 saturated heterocycles. The van der Waals surface area contributed by atoms with Crippen molar-refractivity contribution in [1.82, 2.24) is 15.3 Å². The second-order valence-electron chi connectivity index (χ2n) is 8.21. The minimum absolute atomic E-state index is 0.290. The molecule has 162 valence electrons. The lowest BCUT2D eigenvalue weighted by atomic mass is 9.92. The van der Waals surface area contributed by atoms with E-state index < -0.39 is 9.84 Å². The topological polar surface area (TPSA) is 84.0 Å². The van der Waals surface area contributed by atoms with Gasteiger partial charge in [0.05, 0.1) is 10.6 Å². The number of rotatable bonds is 4. The van der Waals surface area contributed by atoms with E-state index in [0.717, 1.165) is 40.7 Å². The number of benzene rings is 2.